The van der Waals surface area contributed by atoms with Gasteiger partial charge >= 0.3 is 0 Å². The summed E-state index contributed by atoms with van der Waals surface area (Å²) >= 11 is 4.21. The van der Waals surface area contributed by atoms with Gasteiger partial charge in [0.2, 0.25) is 0 Å². The first-order valence-corrected chi connectivity index (χ1v) is 5.73. The van der Waals surface area contributed by atoms with E-state index in [9.17, 15) is 4.79 Å². The molecule has 2 rings (SSSR count). The van der Waals surface area contributed by atoms with E-state index in [-0.39, 0.29) is 11.4 Å². The Kier molecular flexibility index (Phi) is 3.21. The summed E-state index contributed by atoms with van der Waals surface area (Å²) in [6.07, 6.45) is 0.860. The summed E-state index contributed by atoms with van der Waals surface area (Å²) in [6.45, 7) is 3.30. The van der Waals surface area contributed by atoms with Crippen molar-refractivity contribution in [2.45, 2.75) is 23.8 Å². The van der Waals surface area contributed by atoms with Crippen LogP contribution in [0.5, 0.6) is 0 Å². The molecule has 0 bridgehead atoms. The number of carbonyl (C=O) groups excluding carboxylic acids is 1. The van der Waals surface area contributed by atoms with E-state index in [0.717, 1.165) is 11.3 Å². The third-order valence-electron chi connectivity index (χ3n) is 2.74. The average molecular weight is 237 g/mol. The number of hydrogen-bond acceptors (Lipinski definition) is 3. The maximum Gasteiger partial charge on any atom is 0.251 e. The second-order valence-corrected chi connectivity index (χ2v) is 4.88. The van der Waals surface area contributed by atoms with Crippen LogP contribution >= 0.6 is 12.6 Å². The molecule has 1 aromatic rings. The maximum absolute atomic E-state index is 12.0. The maximum atomic E-state index is 12.0. The number of benzene rings is 1. The molecule has 0 aliphatic carbocycles. The first-order chi connectivity index (χ1) is 7.59. The van der Waals surface area contributed by atoms with Crippen molar-refractivity contribution < 1.29 is 9.53 Å². The number of rotatable bonds is 2. The van der Waals surface area contributed by atoms with Gasteiger partial charge in [-0.3, -0.25) is 4.79 Å². The Labute approximate surface area is 101 Å². The Morgan fingerprint density at radius 3 is 3.00 bits per heavy atom. The average Bonchev–Trinajstić information content (AvgIpc) is 2.65. The standard InChI is InChI=1S/C12H15NO2S/c1-12(5-6-15-8-12)13-11(14)9-3-2-4-10(16)7-9/h2-4,7,16H,5-6,8H2,1H3,(H,13,14). The first kappa shape index (κ1) is 11.5. The topological polar surface area (TPSA) is 38.3 Å². The zero-order valence-corrected chi connectivity index (χ0v) is 10.1. The highest BCUT2D eigenvalue weighted by Gasteiger charge is 2.31. The van der Waals surface area contributed by atoms with E-state index in [0.29, 0.717) is 18.8 Å². The largest absolute Gasteiger partial charge is 0.379 e. The van der Waals surface area contributed by atoms with Crippen LogP contribution in [0.2, 0.25) is 0 Å². The second kappa shape index (κ2) is 4.47. The van der Waals surface area contributed by atoms with Crippen molar-refractivity contribution in [1.29, 1.82) is 0 Å². The van der Waals surface area contributed by atoms with E-state index in [4.69, 9.17) is 4.74 Å². The van der Waals surface area contributed by atoms with Gasteiger partial charge < -0.3 is 10.1 Å². The van der Waals surface area contributed by atoms with Gasteiger partial charge in [-0.1, -0.05) is 6.07 Å². The third kappa shape index (κ3) is 2.57. The Hall–Kier alpha value is -1.00. The number of nitrogens with one attached hydrogen (secondary N) is 1. The van der Waals surface area contributed by atoms with Crippen LogP contribution in [-0.2, 0) is 4.74 Å². The molecule has 1 aliphatic rings. The SMILES string of the molecule is CC1(NC(=O)c2cccc(S)c2)CCOC1. The van der Waals surface area contributed by atoms with Crippen LogP contribution in [0.25, 0.3) is 0 Å². The Morgan fingerprint density at radius 1 is 1.56 bits per heavy atom. The number of carbonyl (C=O) groups is 1. The number of amides is 1. The van der Waals surface area contributed by atoms with E-state index >= 15 is 0 Å². The molecule has 86 valence electrons. The van der Waals surface area contributed by atoms with Gasteiger partial charge in [0.15, 0.2) is 0 Å². The van der Waals surface area contributed by atoms with Crippen LogP contribution < -0.4 is 5.32 Å². The third-order valence-corrected chi connectivity index (χ3v) is 3.02. The van der Waals surface area contributed by atoms with Gasteiger partial charge in [-0.25, -0.2) is 0 Å². The van der Waals surface area contributed by atoms with E-state index in [1.165, 1.54) is 0 Å². The molecule has 1 amide bonds. The van der Waals surface area contributed by atoms with E-state index in [2.05, 4.69) is 17.9 Å². The normalized spacial score (nSPS) is 24.4. The van der Waals surface area contributed by atoms with Crippen molar-refractivity contribution in [1.82, 2.24) is 5.32 Å². The summed E-state index contributed by atoms with van der Waals surface area (Å²) in [4.78, 5) is 12.7. The fourth-order valence-corrected chi connectivity index (χ4v) is 1.98. The highest BCUT2D eigenvalue weighted by atomic mass is 32.1. The Balaban J connectivity index is 2.08. The summed E-state index contributed by atoms with van der Waals surface area (Å²) in [5.74, 6) is -0.0658. The minimum atomic E-state index is -0.232. The van der Waals surface area contributed by atoms with Crippen molar-refractivity contribution >= 4 is 18.5 Å². The summed E-state index contributed by atoms with van der Waals surface area (Å²) < 4.78 is 5.29. The zero-order valence-electron chi connectivity index (χ0n) is 9.19. The molecule has 1 aromatic carbocycles. The number of hydrogen-bond donors (Lipinski definition) is 2. The number of thiol groups is 1. The van der Waals surface area contributed by atoms with Crippen molar-refractivity contribution in [3.63, 3.8) is 0 Å². The van der Waals surface area contributed by atoms with Gasteiger partial charge in [-0.2, -0.15) is 0 Å². The second-order valence-electron chi connectivity index (χ2n) is 4.37. The molecule has 16 heavy (non-hydrogen) atoms. The minimum Gasteiger partial charge on any atom is -0.379 e. The van der Waals surface area contributed by atoms with Gasteiger partial charge in [0.25, 0.3) is 5.91 Å². The molecule has 1 fully saturated rings. The number of ether oxygens (including phenoxy) is 1. The molecule has 3 nitrogen and oxygen atoms in total. The van der Waals surface area contributed by atoms with Crippen LogP contribution in [0.4, 0.5) is 0 Å². The van der Waals surface area contributed by atoms with Gasteiger partial charge in [0.1, 0.15) is 0 Å². The highest BCUT2D eigenvalue weighted by Crippen LogP contribution is 2.18. The highest BCUT2D eigenvalue weighted by molar-refractivity contribution is 7.80. The molecule has 0 spiro atoms. The molecule has 1 N–H and O–H groups in total. The van der Waals surface area contributed by atoms with Crippen molar-refractivity contribution in [2.75, 3.05) is 13.2 Å². The molecule has 1 saturated heterocycles. The van der Waals surface area contributed by atoms with Gasteiger partial charge in [0, 0.05) is 17.1 Å². The lowest BCUT2D eigenvalue weighted by molar-refractivity contribution is 0.0889. The smallest absolute Gasteiger partial charge is 0.251 e. The lowest BCUT2D eigenvalue weighted by Crippen LogP contribution is -2.46. The fourth-order valence-electron chi connectivity index (χ4n) is 1.76. The molecule has 0 aromatic heterocycles. The van der Waals surface area contributed by atoms with Crippen molar-refractivity contribution in [3.05, 3.63) is 29.8 Å². The molecular weight excluding hydrogens is 222 g/mol. The molecule has 0 saturated carbocycles. The van der Waals surface area contributed by atoms with Crippen molar-refractivity contribution in [3.8, 4) is 0 Å². The lowest BCUT2D eigenvalue weighted by Gasteiger charge is -2.23. The van der Waals surface area contributed by atoms with Gasteiger partial charge in [0.05, 0.1) is 12.1 Å². The van der Waals surface area contributed by atoms with Crippen LogP contribution in [0.3, 0.4) is 0 Å². The van der Waals surface area contributed by atoms with Crippen LogP contribution in [0.1, 0.15) is 23.7 Å². The van der Waals surface area contributed by atoms with E-state index in [1.54, 1.807) is 12.1 Å². The summed E-state index contributed by atoms with van der Waals surface area (Å²) in [5.41, 5.74) is 0.407. The summed E-state index contributed by atoms with van der Waals surface area (Å²) in [5, 5.41) is 3.00. The Bertz CT molecular complexity index is 400. The predicted molar refractivity (Wildman–Crippen MR) is 65.0 cm³/mol. The van der Waals surface area contributed by atoms with Crippen LogP contribution in [0, 0.1) is 0 Å². The van der Waals surface area contributed by atoms with Gasteiger partial charge in [-0.05, 0) is 31.5 Å². The van der Waals surface area contributed by atoms with Crippen LogP contribution in [0.15, 0.2) is 29.2 Å². The van der Waals surface area contributed by atoms with Crippen LogP contribution in [-0.4, -0.2) is 24.7 Å². The van der Waals surface area contributed by atoms with E-state index in [1.807, 2.05) is 19.1 Å². The minimum absolute atomic E-state index is 0.0658. The quantitative estimate of drug-likeness (QED) is 0.771. The van der Waals surface area contributed by atoms with Gasteiger partial charge in [-0.15, -0.1) is 12.6 Å². The molecule has 4 heteroatoms. The fraction of sp³-hybridized carbons (Fsp3) is 0.417. The van der Waals surface area contributed by atoms with Crippen molar-refractivity contribution in [2.24, 2.45) is 0 Å². The molecule has 1 heterocycles. The monoisotopic (exact) mass is 237 g/mol. The lowest BCUT2D eigenvalue weighted by atomic mass is 10.0. The molecule has 1 atom stereocenters. The molecule has 0 radical (unpaired) electrons. The molecule has 1 aliphatic heterocycles. The molecular formula is C12H15NO2S. The predicted octanol–water partition coefficient (Wildman–Crippen LogP) is 1.88. The summed E-state index contributed by atoms with van der Waals surface area (Å²) in [6, 6.07) is 7.22. The van der Waals surface area contributed by atoms with E-state index < -0.39 is 0 Å². The first-order valence-electron chi connectivity index (χ1n) is 5.28. The molecule has 1 unspecified atom stereocenters. The Morgan fingerprint density at radius 2 is 2.38 bits per heavy atom. The summed E-state index contributed by atoms with van der Waals surface area (Å²) in [7, 11) is 0. The zero-order chi connectivity index (χ0) is 11.6.